The molecule has 0 saturated carbocycles. The minimum atomic E-state index is 0. The number of hydrogen-bond acceptors (Lipinski definition) is 1. The molecule has 0 aromatic heterocycles. The second-order valence-corrected chi connectivity index (χ2v) is 3.06. The SMILES string of the molecule is CCCCN1C=CC=CC1C.I. The second-order valence-electron chi connectivity index (χ2n) is 3.06. The molecule has 1 aliphatic heterocycles. The van der Waals surface area contributed by atoms with Gasteiger partial charge >= 0.3 is 0 Å². The third-order valence-electron chi connectivity index (χ3n) is 2.07. The van der Waals surface area contributed by atoms with Crippen molar-refractivity contribution in [3.05, 3.63) is 24.4 Å². The van der Waals surface area contributed by atoms with Crippen LogP contribution in [0.2, 0.25) is 0 Å². The van der Waals surface area contributed by atoms with E-state index in [1.54, 1.807) is 0 Å². The molecule has 1 unspecified atom stereocenters. The van der Waals surface area contributed by atoms with Crippen molar-refractivity contribution >= 4 is 24.0 Å². The number of rotatable bonds is 3. The predicted octanol–water partition coefficient (Wildman–Crippen LogP) is 3.18. The smallest absolute Gasteiger partial charge is 0.0442 e. The lowest BCUT2D eigenvalue weighted by atomic mass is 10.2. The van der Waals surface area contributed by atoms with Crippen molar-refractivity contribution < 1.29 is 0 Å². The summed E-state index contributed by atoms with van der Waals surface area (Å²) in [6, 6.07) is 0.589. The van der Waals surface area contributed by atoms with E-state index in [1.807, 2.05) is 0 Å². The normalized spacial score (nSPS) is 20.8. The van der Waals surface area contributed by atoms with Gasteiger partial charge in [-0.05, 0) is 25.6 Å². The molecule has 0 amide bonds. The van der Waals surface area contributed by atoms with Crippen LogP contribution < -0.4 is 0 Å². The zero-order chi connectivity index (χ0) is 8.10. The molecular formula is C10H18IN. The summed E-state index contributed by atoms with van der Waals surface area (Å²) in [6.45, 7) is 5.66. The monoisotopic (exact) mass is 279 g/mol. The zero-order valence-corrected chi connectivity index (χ0v) is 10.2. The molecule has 0 spiro atoms. The summed E-state index contributed by atoms with van der Waals surface area (Å²) in [7, 11) is 0. The molecule has 0 saturated heterocycles. The number of halogens is 1. The summed E-state index contributed by atoms with van der Waals surface area (Å²) in [4.78, 5) is 2.38. The first kappa shape index (κ1) is 12.0. The van der Waals surface area contributed by atoms with E-state index >= 15 is 0 Å². The number of nitrogens with zero attached hydrogens (tertiary/aromatic N) is 1. The molecule has 0 aromatic rings. The van der Waals surface area contributed by atoms with E-state index in [0.29, 0.717) is 6.04 Å². The molecular weight excluding hydrogens is 261 g/mol. The van der Waals surface area contributed by atoms with Crippen LogP contribution in [0.1, 0.15) is 26.7 Å². The van der Waals surface area contributed by atoms with Crippen LogP contribution in [0, 0.1) is 0 Å². The van der Waals surface area contributed by atoms with Gasteiger partial charge in [0, 0.05) is 12.6 Å². The topological polar surface area (TPSA) is 3.24 Å². The standard InChI is InChI=1S/C10H17N.HI/c1-3-4-8-11-9-6-5-7-10(11)2;/h5-7,9-10H,3-4,8H2,1-2H3;1H. The summed E-state index contributed by atoms with van der Waals surface area (Å²) in [5, 5.41) is 0. The lowest BCUT2D eigenvalue weighted by molar-refractivity contribution is 0.326. The molecule has 70 valence electrons. The third kappa shape index (κ3) is 3.61. The number of unbranched alkanes of at least 4 members (excludes halogenated alkanes) is 1. The molecule has 0 bridgehead atoms. The fraction of sp³-hybridized carbons (Fsp3) is 0.600. The Morgan fingerprint density at radius 3 is 2.67 bits per heavy atom. The molecule has 0 radical (unpaired) electrons. The van der Waals surface area contributed by atoms with Gasteiger partial charge in [-0.3, -0.25) is 0 Å². The molecule has 0 N–H and O–H groups in total. The molecule has 0 aromatic carbocycles. The summed E-state index contributed by atoms with van der Waals surface area (Å²) in [6.07, 6.45) is 11.2. The molecule has 1 rings (SSSR count). The predicted molar refractivity (Wildman–Crippen MR) is 64.8 cm³/mol. The van der Waals surface area contributed by atoms with Crippen molar-refractivity contribution in [1.82, 2.24) is 4.90 Å². The lowest BCUT2D eigenvalue weighted by Gasteiger charge is -2.27. The first-order chi connectivity index (χ1) is 5.34. The van der Waals surface area contributed by atoms with Gasteiger partial charge in [-0.1, -0.05) is 25.5 Å². The summed E-state index contributed by atoms with van der Waals surface area (Å²) < 4.78 is 0. The van der Waals surface area contributed by atoms with Crippen molar-refractivity contribution in [2.45, 2.75) is 32.7 Å². The minimum absolute atomic E-state index is 0. The highest BCUT2D eigenvalue weighted by Crippen LogP contribution is 2.08. The second kappa shape index (κ2) is 6.52. The Kier molecular flexibility index (Phi) is 6.52. The van der Waals surface area contributed by atoms with Crippen LogP contribution in [-0.4, -0.2) is 17.5 Å². The fourth-order valence-corrected chi connectivity index (χ4v) is 1.25. The summed E-state index contributed by atoms with van der Waals surface area (Å²) >= 11 is 0. The Bertz CT molecular complexity index is 163. The average molecular weight is 279 g/mol. The van der Waals surface area contributed by atoms with Gasteiger partial charge in [-0.15, -0.1) is 24.0 Å². The highest BCUT2D eigenvalue weighted by molar-refractivity contribution is 14.0. The van der Waals surface area contributed by atoms with Gasteiger partial charge in [0.2, 0.25) is 0 Å². The van der Waals surface area contributed by atoms with Crippen molar-refractivity contribution in [2.75, 3.05) is 6.54 Å². The van der Waals surface area contributed by atoms with E-state index in [1.165, 1.54) is 19.4 Å². The van der Waals surface area contributed by atoms with Crippen LogP contribution in [0.5, 0.6) is 0 Å². The summed E-state index contributed by atoms with van der Waals surface area (Å²) in [5.41, 5.74) is 0. The molecule has 1 aliphatic rings. The van der Waals surface area contributed by atoms with Gasteiger partial charge in [0.05, 0.1) is 0 Å². The van der Waals surface area contributed by atoms with Gasteiger partial charge in [-0.2, -0.15) is 0 Å². The molecule has 1 heterocycles. The maximum atomic E-state index is 2.38. The van der Waals surface area contributed by atoms with E-state index < -0.39 is 0 Å². The van der Waals surface area contributed by atoms with Gasteiger partial charge in [-0.25, -0.2) is 0 Å². The van der Waals surface area contributed by atoms with Crippen molar-refractivity contribution in [1.29, 1.82) is 0 Å². The first-order valence-corrected chi connectivity index (χ1v) is 4.45. The van der Waals surface area contributed by atoms with E-state index in [9.17, 15) is 0 Å². The van der Waals surface area contributed by atoms with E-state index in [0.717, 1.165) is 0 Å². The van der Waals surface area contributed by atoms with Crippen LogP contribution in [0.3, 0.4) is 0 Å². The highest BCUT2D eigenvalue weighted by Gasteiger charge is 2.06. The van der Waals surface area contributed by atoms with Crippen LogP contribution in [0.15, 0.2) is 24.4 Å². The van der Waals surface area contributed by atoms with E-state index in [2.05, 4.69) is 43.2 Å². The van der Waals surface area contributed by atoms with Crippen molar-refractivity contribution in [2.24, 2.45) is 0 Å². The van der Waals surface area contributed by atoms with Crippen LogP contribution in [0.25, 0.3) is 0 Å². The van der Waals surface area contributed by atoms with E-state index in [4.69, 9.17) is 0 Å². The average Bonchev–Trinajstić information content (AvgIpc) is 2.03. The Labute approximate surface area is 92.5 Å². The van der Waals surface area contributed by atoms with Crippen LogP contribution >= 0.6 is 24.0 Å². The zero-order valence-electron chi connectivity index (χ0n) is 7.86. The Hall–Kier alpha value is 0.01000. The number of allylic oxidation sites excluding steroid dienone is 2. The van der Waals surface area contributed by atoms with Crippen LogP contribution in [0.4, 0.5) is 0 Å². The Morgan fingerprint density at radius 1 is 1.33 bits per heavy atom. The fourth-order valence-electron chi connectivity index (χ4n) is 1.25. The molecule has 0 fully saturated rings. The molecule has 12 heavy (non-hydrogen) atoms. The Morgan fingerprint density at radius 2 is 2.08 bits per heavy atom. The summed E-state index contributed by atoms with van der Waals surface area (Å²) in [5.74, 6) is 0. The van der Waals surface area contributed by atoms with E-state index in [-0.39, 0.29) is 24.0 Å². The molecule has 1 atom stereocenters. The van der Waals surface area contributed by atoms with Gasteiger partial charge in [0.25, 0.3) is 0 Å². The van der Waals surface area contributed by atoms with Crippen molar-refractivity contribution in [3.63, 3.8) is 0 Å². The quantitative estimate of drug-likeness (QED) is 0.717. The molecule has 2 heteroatoms. The lowest BCUT2D eigenvalue weighted by Crippen LogP contribution is -2.28. The van der Waals surface area contributed by atoms with Crippen molar-refractivity contribution in [3.8, 4) is 0 Å². The van der Waals surface area contributed by atoms with Gasteiger partial charge < -0.3 is 4.90 Å². The minimum Gasteiger partial charge on any atom is -0.371 e. The molecule has 0 aliphatic carbocycles. The third-order valence-corrected chi connectivity index (χ3v) is 2.07. The maximum Gasteiger partial charge on any atom is 0.0442 e. The first-order valence-electron chi connectivity index (χ1n) is 4.45. The van der Waals surface area contributed by atoms with Gasteiger partial charge in [0.1, 0.15) is 0 Å². The highest BCUT2D eigenvalue weighted by atomic mass is 127. The molecule has 1 nitrogen and oxygen atoms in total. The number of hydrogen-bond donors (Lipinski definition) is 0. The maximum absolute atomic E-state index is 2.38. The van der Waals surface area contributed by atoms with Gasteiger partial charge in [0.15, 0.2) is 0 Å². The Balaban J connectivity index is 0.00000121. The van der Waals surface area contributed by atoms with Crippen LogP contribution in [-0.2, 0) is 0 Å². The largest absolute Gasteiger partial charge is 0.371 e.